The van der Waals surface area contributed by atoms with Crippen molar-refractivity contribution in [2.45, 2.75) is 17.5 Å². The smallest absolute Gasteiger partial charge is 0.189 e. The van der Waals surface area contributed by atoms with E-state index in [1.165, 1.54) is 0 Å². The molecule has 0 N–H and O–H groups in total. The molecular weight excluding hydrogens is 284 g/mol. The molecule has 3 rings (SSSR count). The maximum Gasteiger partial charge on any atom is 0.189 e. The fourth-order valence-corrected chi connectivity index (χ4v) is 2.90. The van der Waals surface area contributed by atoms with Crippen molar-refractivity contribution in [3.63, 3.8) is 0 Å². The summed E-state index contributed by atoms with van der Waals surface area (Å²) >= 11 is 7.67. The topological polar surface area (TPSA) is 44.2 Å². The van der Waals surface area contributed by atoms with Crippen molar-refractivity contribution in [3.8, 4) is 5.75 Å². The van der Waals surface area contributed by atoms with Gasteiger partial charge in [-0.25, -0.2) is 9.97 Å². The van der Waals surface area contributed by atoms with Gasteiger partial charge in [-0.1, -0.05) is 23.4 Å². The standard InChI is InChI=1S/C13H11ClN2O2S/c14-11-4-9-6-17-8-18-12(9)10(5-11)7-19-13-15-2-1-3-16-13/h1-5H,6-8H2. The number of hydrogen-bond donors (Lipinski definition) is 0. The summed E-state index contributed by atoms with van der Waals surface area (Å²) in [7, 11) is 0. The maximum atomic E-state index is 6.11. The molecule has 0 spiro atoms. The summed E-state index contributed by atoms with van der Waals surface area (Å²) in [6, 6.07) is 5.59. The van der Waals surface area contributed by atoms with Crippen molar-refractivity contribution < 1.29 is 9.47 Å². The highest BCUT2D eigenvalue weighted by molar-refractivity contribution is 7.98. The van der Waals surface area contributed by atoms with Crippen LogP contribution in [0.2, 0.25) is 5.02 Å². The van der Waals surface area contributed by atoms with Gasteiger partial charge in [-0.3, -0.25) is 0 Å². The number of rotatable bonds is 3. The van der Waals surface area contributed by atoms with Crippen LogP contribution >= 0.6 is 23.4 Å². The van der Waals surface area contributed by atoms with Crippen LogP contribution in [0.4, 0.5) is 0 Å². The number of halogens is 1. The zero-order valence-corrected chi connectivity index (χ0v) is 11.6. The van der Waals surface area contributed by atoms with E-state index in [-0.39, 0.29) is 6.79 Å². The number of nitrogens with zero attached hydrogens (tertiary/aromatic N) is 2. The van der Waals surface area contributed by atoms with E-state index in [0.29, 0.717) is 17.4 Å². The monoisotopic (exact) mass is 294 g/mol. The van der Waals surface area contributed by atoms with Gasteiger partial charge in [0.15, 0.2) is 11.9 Å². The van der Waals surface area contributed by atoms with Gasteiger partial charge in [0.25, 0.3) is 0 Å². The predicted octanol–water partition coefficient (Wildman–Crippen LogP) is 3.29. The molecule has 6 heteroatoms. The zero-order chi connectivity index (χ0) is 13.1. The lowest BCUT2D eigenvalue weighted by atomic mass is 10.1. The number of thioether (sulfide) groups is 1. The third kappa shape index (κ3) is 3.00. The maximum absolute atomic E-state index is 6.11. The van der Waals surface area contributed by atoms with Crippen molar-refractivity contribution >= 4 is 23.4 Å². The zero-order valence-electron chi connectivity index (χ0n) is 10.0. The van der Waals surface area contributed by atoms with Crippen LogP contribution in [-0.2, 0) is 17.1 Å². The van der Waals surface area contributed by atoms with E-state index >= 15 is 0 Å². The number of aromatic nitrogens is 2. The first-order valence-electron chi connectivity index (χ1n) is 5.74. The van der Waals surface area contributed by atoms with Crippen molar-refractivity contribution in [3.05, 3.63) is 46.7 Å². The first kappa shape index (κ1) is 12.7. The summed E-state index contributed by atoms with van der Waals surface area (Å²) in [5.41, 5.74) is 2.03. The minimum Gasteiger partial charge on any atom is -0.467 e. The van der Waals surface area contributed by atoms with Crippen LogP contribution in [0.25, 0.3) is 0 Å². The Morgan fingerprint density at radius 1 is 1.26 bits per heavy atom. The number of hydrogen-bond acceptors (Lipinski definition) is 5. The number of benzene rings is 1. The fourth-order valence-electron chi connectivity index (χ4n) is 1.87. The summed E-state index contributed by atoms with van der Waals surface area (Å²) in [6.45, 7) is 0.823. The Morgan fingerprint density at radius 3 is 2.95 bits per heavy atom. The molecule has 19 heavy (non-hydrogen) atoms. The Labute approximate surface area is 120 Å². The molecule has 1 aliphatic heterocycles. The van der Waals surface area contributed by atoms with Gasteiger partial charge in [-0.05, 0) is 18.2 Å². The van der Waals surface area contributed by atoms with Gasteiger partial charge in [-0.15, -0.1) is 0 Å². The van der Waals surface area contributed by atoms with E-state index in [1.807, 2.05) is 12.1 Å². The van der Waals surface area contributed by atoms with Crippen LogP contribution in [0.1, 0.15) is 11.1 Å². The van der Waals surface area contributed by atoms with E-state index in [1.54, 1.807) is 30.2 Å². The molecule has 0 unspecified atom stereocenters. The van der Waals surface area contributed by atoms with E-state index in [9.17, 15) is 0 Å². The molecule has 2 heterocycles. The van der Waals surface area contributed by atoms with Crippen LogP contribution in [0, 0.1) is 0 Å². The van der Waals surface area contributed by atoms with Crippen molar-refractivity contribution in [1.82, 2.24) is 9.97 Å². The summed E-state index contributed by atoms with van der Waals surface area (Å²) < 4.78 is 10.8. The average Bonchev–Trinajstić information content (AvgIpc) is 2.45. The quantitative estimate of drug-likeness (QED) is 0.642. The lowest BCUT2D eigenvalue weighted by molar-refractivity contribution is -0.0168. The SMILES string of the molecule is Clc1cc2c(c(CSc3ncccn3)c1)OCOC2. The Morgan fingerprint density at radius 2 is 2.11 bits per heavy atom. The van der Waals surface area contributed by atoms with Crippen LogP contribution in [-0.4, -0.2) is 16.8 Å². The largest absolute Gasteiger partial charge is 0.467 e. The van der Waals surface area contributed by atoms with Gasteiger partial charge in [0.1, 0.15) is 5.75 Å². The fraction of sp³-hybridized carbons (Fsp3) is 0.231. The molecule has 0 aliphatic carbocycles. The second-order valence-corrected chi connectivity index (χ2v) is 5.36. The molecule has 0 saturated carbocycles. The van der Waals surface area contributed by atoms with Crippen molar-refractivity contribution in [1.29, 1.82) is 0 Å². The predicted molar refractivity (Wildman–Crippen MR) is 73.3 cm³/mol. The number of fused-ring (bicyclic) bond motifs is 1. The Hall–Kier alpha value is -1.30. The second kappa shape index (κ2) is 5.77. The molecule has 0 radical (unpaired) electrons. The highest BCUT2D eigenvalue weighted by atomic mass is 35.5. The van der Waals surface area contributed by atoms with Gasteiger partial charge >= 0.3 is 0 Å². The lowest BCUT2D eigenvalue weighted by Gasteiger charge is -2.20. The Bertz CT molecular complexity index is 580. The van der Waals surface area contributed by atoms with Crippen LogP contribution in [0.15, 0.2) is 35.7 Å². The van der Waals surface area contributed by atoms with Crippen molar-refractivity contribution in [2.24, 2.45) is 0 Å². The van der Waals surface area contributed by atoms with E-state index in [0.717, 1.165) is 22.0 Å². The van der Waals surface area contributed by atoms with Gasteiger partial charge in [-0.2, -0.15) is 0 Å². The van der Waals surface area contributed by atoms with Gasteiger partial charge < -0.3 is 9.47 Å². The molecule has 0 bridgehead atoms. The first-order chi connectivity index (χ1) is 9.33. The second-order valence-electron chi connectivity index (χ2n) is 3.98. The normalized spacial score (nSPS) is 13.7. The molecule has 0 atom stereocenters. The van der Waals surface area contributed by atoms with Gasteiger partial charge in [0.05, 0.1) is 6.61 Å². The molecule has 4 nitrogen and oxygen atoms in total. The lowest BCUT2D eigenvalue weighted by Crippen LogP contribution is -2.13. The molecule has 1 aromatic carbocycles. The molecule has 98 valence electrons. The van der Waals surface area contributed by atoms with Gasteiger partial charge in [0, 0.05) is 34.3 Å². The van der Waals surface area contributed by atoms with E-state index < -0.39 is 0 Å². The molecule has 1 aliphatic rings. The van der Waals surface area contributed by atoms with Crippen LogP contribution in [0.5, 0.6) is 5.75 Å². The molecule has 1 aromatic heterocycles. The van der Waals surface area contributed by atoms with E-state index in [2.05, 4.69) is 9.97 Å². The molecular formula is C13H11ClN2O2S. The molecule has 2 aromatic rings. The van der Waals surface area contributed by atoms with Crippen LogP contribution < -0.4 is 4.74 Å². The first-order valence-corrected chi connectivity index (χ1v) is 7.11. The third-order valence-corrected chi connectivity index (χ3v) is 3.79. The number of ether oxygens (including phenoxy) is 2. The summed E-state index contributed by atoms with van der Waals surface area (Å²) in [6.07, 6.45) is 3.46. The molecule has 0 fully saturated rings. The highest BCUT2D eigenvalue weighted by Gasteiger charge is 2.16. The van der Waals surface area contributed by atoms with Crippen LogP contribution in [0.3, 0.4) is 0 Å². The summed E-state index contributed by atoms with van der Waals surface area (Å²) in [4.78, 5) is 8.36. The Balaban J connectivity index is 1.82. The molecule has 0 amide bonds. The molecule has 0 saturated heterocycles. The third-order valence-electron chi connectivity index (χ3n) is 2.65. The van der Waals surface area contributed by atoms with Gasteiger partial charge in [0.2, 0.25) is 0 Å². The summed E-state index contributed by atoms with van der Waals surface area (Å²) in [5, 5.41) is 1.43. The summed E-state index contributed by atoms with van der Waals surface area (Å²) in [5.74, 6) is 1.59. The highest BCUT2D eigenvalue weighted by Crippen LogP contribution is 2.34. The van der Waals surface area contributed by atoms with E-state index in [4.69, 9.17) is 21.1 Å². The average molecular weight is 295 g/mol. The minimum absolute atomic E-state index is 0.286. The minimum atomic E-state index is 0.286. The van der Waals surface area contributed by atoms with Crippen molar-refractivity contribution in [2.75, 3.05) is 6.79 Å². The Kier molecular flexibility index (Phi) is 3.87.